The van der Waals surface area contributed by atoms with Crippen LogP contribution < -0.4 is 10.4 Å². The van der Waals surface area contributed by atoms with Gasteiger partial charge in [-0.1, -0.05) is 31.2 Å². The van der Waals surface area contributed by atoms with Gasteiger partial charge in [0.15, 0.2) is 11.4 Å². The maximum atomic E-state index is 14.3. The number of hydrogen-bond donors (Lipinski definition) is 1. The average molecular weight is 478 g/mol. The molecule has 1 aromatic heterocycles. The Labute approximate surface area is 200 Å². The smallest absolute Gasteiger partial charge is 0.278 e. The van der Waals surface area contributed by atoms with Crippen LogP contribution in [0.15, 0.2) is 64.4 Å². The Hall–Kier alpha value is -3.26. The number of carbonyl (C=O) groups is 1. The third-order valence-corrected chi connectivity index (χ3v) is 8.31. The first-order chi connectivity index (χ1) is 16.4. The molecule has 6 nitrogen and oxygen atoms in total. The molecule has 3 aliphatic heterocycles. The van der Waals surface area contributed by atoms with Crippen LogP contribution >= 0.6 is 11.8 Å². The summed E-state index contributed by atoms with van der Waals surface area (Å²) >= 11 is 1.66. The molecule has 34 heavy (non-hydrogen) atoms. The molecule has 1 saturated heterocycles. The third kappa shape index (κ3) is 3.15. The number of nitrogens with zero attached hydrogens (tertiary/aromatic N) is 3. The molecule has 4 heterocycles. The minimum atomic E-state index is -0.581. The molecule has 174 valence electrons. The summed E-state index contributed by atoms with van der Waals surface area (Å²) in [6.45, 7) is 2.72. The van der Waals surface area contributed by atoms with Crippen LogP contribution in [0.4, 0.5) is 4.39 Å². The van der Waals surface area contributed by atoms with E-state index in [9.17, 15) is 19.1 Å². The van der Waals surface area contributed by atoms with E-state index < -0.39 is 11.2 Å². The van der Waals surface area contributed by atoms with Gasteiger partial charge in [-0.3, -0.25) is 19.3 Å². The van der Waals surface area contributed by atoms with E-state index in [1.807, 2.05) is 18.2 Å². The number of aromatic hydroxyl groups is 1. The molecule has 0 aliphatic carbocycles. The Kier molecular flexibility index (Phi) is 4.95. The van der Waals surface area contributed by atoms with Gasteiger partial charge >= 0.3 is 0 Å². The van der Waals surface area contributed by atoms with Gasteiger partial charge in [0.05, 0.1) is 6.04 Å². The van der Waals surface area contributed by atoms with Crippen LogP contribution in [-0.2, 0) is 5.75 Å². The Balaban J connectivity index is 1.66. The molecular formula is C26H24FN3O3S. The largest absolute Gasteiger partial charge is 0.502 e. The summed E-state index contributed by atoms with van der Waals surface area (Å²) in [5.74, 6) is -0.133. The number of thioether (sulfide) groups is 1. The van der Waals surface area contributed by atoms with Crippen LogP contribution in [0.3, 0.4) is 0 Å². The van der Waals surface area contributed by atoms with E-state index in [4.69, 9.17) is 0 Å². The number of fused-ring (bicyclic) bond motifs is 4. The van der Waals surface area contributed by atoms with Gasteiger partial charge in [0.1, 0.15) is 12.0 Å². The van der Waals surface area contributed by atoms with E-state index in [2.05, 4.69) is 24.1 Å². The minimum absolute atomic E-state index is 0.0173. The molecule has 1 amide bonds. The standard InChI is InChI=1S/C26H24FN3O3S/c1-15-8-10-28-22(12-15)30(29-11-9-20(31)25(32)24(29)26(28)33)23-18-7-6-17(27)13-16(18)14-34-21-5-3-2-4-19(21)23/h2-7,9,11,13,15,22-23,32H,8,10,12,14H2,1H3/t15-,22-,23+/m1/s1. The highest BCUT2D eigenvalue weighted by Crippen LogP contribution is 2.45. The molecule has 2 aromatic carbocycles. The Bertz CT molecular complexity index is 1370. The molecule has 8 heteroatoms. The second kappa shape index (κ2) is 7.91. The molecule has 3 aliphatic rings. The van der Waals surface area contributed by atoms with E-state index in [1.54, 1.807) is 33.6 Å². The molecule has 1 fully saturated rings. The fourth-order valence-electron chi connectivity index (χ4n) is 5.50. The quantitative estimate of drug-likeness (QED) is 0.568. The second-order valence-electron chi connectivity index (χ2n) is 9.28. The number of amides is 1. The van der Waals surface area contributed by atoms with Gasteiger partial charge in [-0.25, -0.2) is 4.39 Å². The normalized spacial score (nSPS) is 23.5. The maximum Gasteiger partial charge on any atom is 0.278 e. The minimum Gasteiger partial charge on any atom is -0.502 e. The van der Waals surface area contributed by atoms with E-state index in [-0.39, 0.29) is 29.6 Å². The number of aromatic nitrogens is 1. The molecule has 6 rings (SSSR count). The zero-order valence-corrected chi connectivity index (χ0v) is 19.5. The summed E-state index contributed by atoms with van der Waals surface area (Å²) in [5, 5.41) is 12.8. The summed E-state index contributed by atoms with van der Waals surface area (Å²) in [5.41, 5.74) is 2.30. The number of piperidine rings is 1. The lowest BCUT2D eigenvalue weighted by molar-refractivity contribution is 0.0393. The first-order valence-electron chi connectivity index (χ1n) is 11.5. The van der Waals surface area contributed by atoms with Crippen molar-refractivity contribution in [2.24, 2.45) is 5.92 Å². The fourth-order valence-corrected chi connectivity index (χ4v) is 6.58. The molecule has 0 saturated carbocycles. The summed E-state index contributed by atoms with van der Waals surface area (Å²) in [4.78, 5) is 28.7. The van der Waals surface area contributed by atoms with Crippen molar-refractivity contribution in [3.8, 4) is 5.75 Å². The van der Waals surface area contributed by atoms with E-state index in [0.717, 1.165) is 34.4 Å². The summed E-state index contributed by atoms with van der Waals surface area (Å²) < 4.78 is 15.9. The highest BCUT2D eigenvalue weighted by Gasteiger charge is 2.46. The van der Waals surface area contributed by atoms with Crippen molar-refractivity contribution in [1.29, 1.82) is 0 Å². The molecule has 0 unspecified atom stereocenters. The predicted molar refractivity (Wildman–Crippen MR) is 128 cm³/mol. The van der Waals surface area contributed by atoms with Crippen LogP contribution in [0, 0.1) is 11.7 Å². The first-order valence-corrected chi connectivity index (χ1v) is 12.5. The second-order valence-corrected chi connectivity index (χ2v) is 10.3. The first kappa shape index (κ1) is 21.3. The van der Waals surface area contributed by atoms with Crippen molar-refractivity contribution in [3.63, 3.8) is 0 Å². The van der Waals surface area contributed by atoms with Gasteiger partial charge in [0, 0.05) is 29.5 Å². The summed E-state index contributed by atoms with van der Waals surface area (Å²) in [6.07, 6.45) is 2.91. The van der Waals surface area contributed by atoms with E-state index >= 15 is 0 Å². The van der Waals surface area contributed by atoms with E-state index in [0.29, 0.717) is 18.2 Å². The average Bonchev–Trinajstić information content (AvgIpc) is 2.98. The summed E-state index contributed by atoms with van der Waals surface area (Å²) in [6, 6.07) is 14.0. The fraction of sp³-hybridized carbons (Fsp3) is 0.308. The van der Waals surface area contributed by atoms with Gasteiger partial charge in [-0.15, -0.1) is 11.8 Å². The third-order valence-electron chi connectivity index (χ3n) is 7.17. The predicted octanol–water partition coefficient (Wildman–Crippen LogP) is 4.24. The van der Waals surface area contributed by atoms with E-state index in [1.165, 1.54) is 12.1 Å². The summed E-state index contributed by atoms with van der Waals surface area (Å²) in [7, 11) is 0. The highest BCUT2D eigenvalue weighted by atomic mass is 32.2. The van der Waals surface area contributed by atoms with Crippen molar-refractivity contribution >= 4 is 17.7 Å². The number of hydrogen-bond acceptors (Lipinski definition) is 5. The van der Waals surface area contributed by atoms with Crippen LogP contribution in [0.5, 0.6) is 5.75 Å². The van der Waals surface area contributed by atoms with Crippen LogP contribution in [0.25, 0.3) is 0 Å². The molecule has 1 N–H and O–H groups in total. The number of pyridine rings is 1. The molecule has 0 bridgehead atoms. The monoisotopic (exact) mass is 477 g/mol. The van der Waals surface area contributed by atoms with Crippen LogP contribution in [0.1, 0.15) is 53.0 Å². The van der Waals surface area contributed by atoms with Crippen molar-refractivity contribution in [2.75, 3.05) is 11.6 Å². The van der Waals surface area contributed by atoms with Gasteiger partial charge in [0.2, 0.25) is 5.43 Å². The molecule has 0 spiro atoms. The number of rotatable bonds is 1. The molecule has 3 atom stereocenters. The Morgan fingerprint density at radius 3 is 2.76 bits per heavy atom. The number of halogens is 1. The molecule has 3 aromatic rings. The zero-order valence-electron chi connectivity index (χ0n) is 18.6. The Morgan fingerprint density at radius 2 is 1.91 bits per heavy atom. The van der Waals surface area contributed by atoms with Crippen LogP contribution in [-0.4, -0.2) is 33.3 Å². The van der Waals surface area contributed by atoms with Crippen molar-refractivity contribution in [1.82, 2.24) is 9.58 Å². The zero-order chi connectivity index (χ0) is 23.6. The SMILES string of the molecule is C[C@@H]1CCN2C(=O)c3c(O)c(=O)ccn3N([C@H]3c4ccc(F)cc4CSc4ccccc43)[C@@H]2C1. The van der Waals surface area contributed by atoms with Crippen LogP contribution in [0.2, 0.25) is 0 Å². The van der Waals surface area contributed by atoms with Crippen molar-refractivity contribution < 1.29 is 14.3 Å². The maximum absolute atomic E-state index is 14.3. The van der Waals surface area contributed by atoms with Gasteiger partial charge in [-0.05, 0) is 53.6 Å². The molecule has 0 radical (unpaired) electrons. The van der Waals surface area contributed by atoms with Crippen molar-refractivity contribution in [2.45, 2.75) is 42.6 Å². The topological polar surface area (TPSA) is 65.8 Å². The van der Waals surface area contributed by atoms with Gasteiger partial charge in [-0.2, -0.15) is 0 Å². The Morgan fingerprint density at radius 1 is 1.09 bits per heavy atom. The van der Waals surface area contributed by atoms with Gasteiger partial charge in [0.25, 0.3) is 5.91 Å². The highest BCUT2D eigenvalue weighted by molar-refractivity contribution is 7.98. The lowest BCUT2D eigenvalue weighted by atomic mass is 9.90. The number of benzene rings is 2. The lowest BCUT2D eigenvalue weighted by Crippen LogP contribution is -2.64. The van der Waals surface area contributed by atoms with Crippen molar-refractivity contribution in [3.05, 3.63) is 93.2 Å². The van der Waals surface area contributed by atoms with Gasteiger partial charge < -0.3 is 10.0 Å². The molecular weight excluding hydrogens is 453 g/mol. The lowest BCUT2D eigenvalue weighted by Gasteiger charge is -2.52. The number of carbonyl (C=O) groups excluding carboxylic acids is 1.